The number of benzene rings is 1. The van der Waals surface area contributed by atoms with Gasteiger partial charge in [0.15, 0.2) is 0 Å². The van der Waals surface area contributed by atoms with E-state index < -0.39 is 5.97 Å². The lowest BCUT2D eigenvalue weighted by Crippen LogP contribution is -2.10. The number of aliphatic hydroxyl groups excluding tert-OH is 1. The highest BCUT2D eigenvalue weighted by molar-refractivity contribution is 5.86. The van der Waals surface area contributed by atoms with Gasteiger partial charge in [-0.25, -0.2) is 0 Å². The molecule has 2 aromatic rings. The van der Waals surface area contributed by atoms with Crippen molar-refractivity contribution < 1.29 is 15.0 Å². The van der Waals surface area contributed by atoms with Crippen molar-refractivity contribution in [3.05, 3.63) is 35.5 Å². The highest BCUT2D eigenvalue weighted by atomic mass is 16.4. The first kappa shape index (κ1) is 10.7. The number of hydrogen-bond donors (Lipinski definition) is 2. The fourth-order valence-corrected chi connectivity index (χ4v) is 1.98. The van der Waals surface area contributed by atoms with Gasteiger partial charge in [-0.3, -0.25) is 4.79 Å². The van der Waals surface area contributed by atoms with Gasteiger partial charge in [0.05, 0.1) is 6.61 Å². The summed E-state index contributed by atoms with van der Waals surface area (Å²) in [7, 11) is 0. The maximum absolute atomic E-state index is 10.8. The summed E-state index contributed by atoms with van der Waals surface area (Å²) in [6.45, 7) is 1.63. The first-order valence-electron chi connectivity index (χ1n) is 4.95. The molecule has 0 aliphatic carbocycles. The minimum atomic E-state index is -0.891. The number of aliphatic carboxylic acids is 1. The van der Waals surface area contributed by atoms with Crippen molar-refractivity contribution in [1.82, 2.24) is 4.57 Å². The number of rotatable bonds is 3. The van der Waals surface area contributed by atoms with Crippen LogP contribution in [0.2, 0.25) is 0 Å². The zero-order valence-electron chi connectivity index (χ0n) is 8.90. The van der Waals surface area contributed by atoms with Crippen LogP contribution in [0.3, 0.4) is 0 Å². The monoisotopic (exact) mass is 218 g/mol. The molecule has 2 rings (SSSR count). The molecule has 1 heterocycles. The van der Waals surface area contributed by atoms with E-state index in [0.29, 0.717) is 0 Å². The molecule has 0 amide bonds. The third-order valence-corrected chi connectivity index (χ3v) is 2.75. The Morgan fingerprint density at radius 1 is 1.56 bits per heavy atom. The Hall–Kier alpha value is -1.81. The number of hydrogen-bond acceptors (Lipinski definition) is 2. The summed E-state index contributed by atoms with van der Waals surface area (Å²) in [6.07, 6.45) is 0. The standard InChI is InChI=1S/C12H12NO3/c1-8-10(7-14)9-4-2-3-5-11(9)13(8)6-12(15)16/h3-5,14H,6-7H2,1H3,(H,15,16). The zero-order valence-corrected chi connectivity index (χ0v) is 8.90. The molecule has 1 aromatic heterocycles. The van der Waals surface area contributed by atoms with Crippen LogP contribution in [0.5, 0.6) is 0 Å². The fourth-order valence-electron chi connectivity index (χ4n) is 1.98. The quantitative estimate of drug-likeness (QED) is 0.816. The second-order valence-corrected chi connectivity index (χ2v) is 3.65. The van der Waals surface area contributed by atoms with E-state index >= 15 is 0 Å². The van der Waals surface area contributed by atoms with Crippen LogP contribution in [0.15, 0.2) is 18.2 Å². The molecule has 16 heavy (non-hydrogen) atoms. The zero-order chi connectivity index (χ0) is 11.7. The van der Waals surface area contributed by atoms with E-state index in [1.54, 1.807) is 16.7 Å². The average molecular weight is 218 g/mol. The van der Waals surface area contributed by atoms with E-state index in [4.69, 9.17) is 5.11 Å². The second-order valence-electron chi connectivity index (χ2n) is 3.65. The van der Waals surface area contributed by atoms with E-state index in [1.165, 1.54) is 0 Å². The maximum atomic E-state index is 10.8. The normalized spacial score (nSPS) is 10.9. The lowest BCUT2D eigenvalue weighted by Gasteiger charge is -2.04. The molecule has 1 radical (unpaired) electrons. The Bertz CT molecular complexity index is 542. The molecule has 0 aliphatic rings. The van der Waals surface area contributed by atoms with Gasteiger partial charge in [-0.2, -0.15) is 0 Å². The highest BCUT2D eigenvalue weighted by Crippen LogP contribution is 2.25. The third-order valence-electron chi connectivity index (χ3n) is 2.75. The number of carboxylic acids is 1. The van der Waals surface area contributed by atoms with Crippen LogP contribution in [-0.2, 0) is 17.9 Å². The van der Waals surface area contributed by atoms with E-state index in [2.05, 4.69) is 6.07 Å². The van der Waals surface area contributed by atoms with Crippen LogP contribution < -0.4 is 0 Å². The van der Waals surface area contributed by atoms with Crippen molar-refractivity contribution in [3.63, 3.8) is 0 Å². The van der Waals surface area contributed by atoms with Gasteiger partial charge in [-0.1, -0.05) is 6.07 Å². The van der Waals surface area contributed by atoms with Crippen LogP contribution in [0, 0.1) is 13.0 Å². The van der Waals surface area contributed by atoms with E-state index in [-0.39, 0.29) is 13.2 Å². The largest absolute Gasteiger partial charge is 0.480 e. The summed E-state index contributed by atoms with van der Waals surface area (Å²) in [6, 6.07) is 8.25. The third kappa shape index (κ3) is 1.57. The molecule has 0 atom stereocenters. The molecule has 83 valence electrons. The number of fused-ring (bicyclic) bond motifs is 1. The van der Waals surface area contributed by atoms with E-state index in [1.807, 2.05) is 13.0 Å². The minimum absolute atomic E-state index is 0.0905. The number of aliphatic hydroxyl groups is 1. The molecule has 0 fully saturated rings. The Kier molecular flexibility index (Phi) is 2.66. The average Bonchev–Trinajstić information content (AvgIpc) is 2.52. The van der Waals surface area contributed by atoms with E-state index in [9.17, 15) is 9.90 Å². The Labute approximate surface area is 92.7 Å². The Balaban J connectivity index is 2.71. The van der Waals surface area contributed by atoms with Crippen molar-refractivity contribution in [2.75, 3.05) is 0 Å². The molecule has 0 spiro atoms. The summed E-state index contributed by atoms with van der Waals surface area (Å²) in [5.74, 6) is -0.891. The molecule has 0 aliphatic heterocycles. The summed E-state index contributed by atoms with van der Waals surface area (Å²) in [5.41, 5.74) is 2.38. The summed E-state index contributed by atoms with van der Waals surface area (Å²) < 4.78 is 1.69. The molecule has 0 saturated heterocycles. The summed E-state index contributed by atoms with van der Waals surface area (Å²) >= 11 is 0. The fraction of sp³-hybridized carbons (Fsp3) is 0.250. The van der Waals surface area contributed by atoms with Crippen LogP contribution in [-0.4, -0.2) is 20.7 Å². The van der Waals surface area contributed by atoms with Gasteiger partial charge < -0.3 is 14.8 Å². The molecule has 4 heteroatoms. The van der Waals surface area contributed by atoms with Gasteiger partial charge >= 0.3 is 5.97 Å². The Morgan fingerprint density at radius 3 is 2.94 bits per heavy atom. The van der Waals surface area contributed by atoms with Gasteiger partial charge in [-0.05, 0) is 25.1 Å². The second kappa shape index (κ2) is 3.98. The number of nitrogens with zero attached hydrogens (tertiary/aromatic N) is 1. The smallest absolute Gasteiger partial charge is 0.323 e. The molecule has 4 nitrogen and oxygen atoms in total. The van der Waals surface area contributed by atoms with Gasteiger partial charge in [0.1, 0.15) is 6.54 Å². The van der Waals surface area contributed by atoms with Crippen LogP contribution in [0.25, 0.3) is 10.9 Å². The van der Waals surface area contributed by atoms with Crippen LogP contribution in [0.1, 0.15) is 11.3 Å². The molecule has 1 aromatic carbocycles. The molecule has 0 saturated carbocycles. The van der Waals surface area contributed by atoms with E-state index in [0.717, 1.165) is 22.2 Å². The van der Waals surface area contributed by atoms with Crippen molar-refractivity contribution >= 4 is 16.9 Å². The predicted molar refractivity (Wildman–Crippen MR) is 59.1 cm³/mol. The van der Waals surface area contributed by atoms with Crippen LogP contribution >= 0.6 is 0 Å². The highest BCUT2D eigenvalue weighted by Gasteiger charge is 2.14. The number of carbonyl (C=O) groups is 1. The van der Waals surface area contributed by atoms with Crippen molar-refractivity contribution in [1.29, 1.82) is 0 Å². The summed E-state index contributed by atoms with van der Waals surface area (Å²) in [5, 5.41) is 19.0. The topological polar surface area (TPSA) is 62.5 Å². The lowest BCUT2D eigenvalue weighted by molar-refractivity contribution is -0.137. The molecular weight excluding hydrogens is 206 g/mol. The minimum Gasteiger partial charge on any atom is -0.480 e. The SMILES string of the molecule is Cc1c(CO)c2c[c]ccc2n1CC(=O)O. The van der Waals surface area contributed by atoms with Crippen LogP contribution in [0.4, 0.5) is 0 Å². The first-order chi connectivity index (χ1) is 7.65. The molecule has 0 bridgehead atoms. The van der Waals surface area contributed by atoms with Crippen molar-refractivity contribution in [3.8, 4) is 0 Å². The van der Waals surface area contributed by atoms with Gasteiger partial charge in [0, 0.05) is 22.2 Å². The number of aromatic nitrogens is 1. The van der Waals surface area contributed by atoms with Gasteiger partial charge in [-0.15, -0.1) is 0 Å². The van der Waals surface area contributed by atoms with Gasteiger partial charge in [0.25, 0.3) is 0 Å². The number of carboxylic acid groups (broad SMARTS) is 1. The van der Waals surface area contributed by atoms with Crippen molar-refractivity contribution in [2.24, 2.45) is 0 Å². The van der Waals surface area contributed by atoms with Gasteiger partial charge in [0.2, 0.25) is 0 Å². The molecular formula is C12H12NO3. The van der Waals surface area contributed by atoms with Crippen molar-refractivity contribution in [2.45, 2.75) is 20.1 Å². The first-order valence-corrected chi connectivity index (χ1v) is 4.95. The lowest BCUT2D eigenvalue weighted by atomic mass is 10.1. The maximum Gasteiger partial charge on any atom is 0.323 e. The molecule has 0 unspecified atom stereocenters. The Morgan fingerprint density at radius 2 is 2.31 bits per heavy atom. The molecule has 2 N–H and O–H groups in total. The summed E-state index contributed by atoms with van der Waals surface area (Å²) in [4.78, 5) is 10.8. The predicted octanol–water partition coefficient (Wildman–Crippen LogP) is 1.33.